The van der Waals surface area contributed by atoms with Gasteiger partial charge in [0.15, 0.2) is 0 Å². The van der Waals surface area contributed by atoms with Gasteiger partial charge in [-0.2, -0.15) is 5.10 Å². The zero-order valence-electron chi connectivity index (χ0n) is 13.0. The third-order valence-electron chi connectivity index (χ3n) is 4.79. The van der Waals surface area contributed by atoms with E-state index in [0.29, 0.717) is 6.04 Å². The number of nitrogens with one attached hydrogen (secondary N) is 1. The number of fused-ring (bicyclic) bond motifs is 1. The fraction of sp³-hybridized carbons (Fsp3) is 0.500. The molecule has 3 heteroatoms. The highest BCUT2D eigenvalue weighted by molar-refractivity contribution is 5.30. The van der Waals surface area contributed by atoms with Crippen molar-refractivity contribution < 1.29 is 0 Å². The Hall–Kier alpha value is -1.61. The summed E-state index contributed by atoms with van der Waals surface area (Å²) in [5, 5.41) is 7.93. The molecule has 1 aliphatic carbocycles. The summed E-state index contributed by atoms with van der Waals surface area (Å²) in [4.78, 5) is 0. The van der Waals surface area contributed by atoms with Crippen LogP contribution in [-0.2, 0) is 25.8 Å². The predicted octanol–water partition coefficient (Wildman–Crippen LogP) is 2.84. The van der Waals surface area contributed by atoms with Gasteiger partial charge in [-0.15, -0.1) is 0 Å². The van der Waals surface area contributed by atoms with Crippen molar-refractivity contribution in [2.75, 3.05) is 7.05 Å². The van der Waals surface area contributed by atoms with Crippen LogP contribution in [0.15, 0.2) is 36.7 Å². The van der Waals surface area contributed by atoms with Crippen LogP contribution < -0.4 is 5.32 Å². The summed E-state index contributed by atoms with van der Waals surface area (Å²) in [7, 11) is 2.09. The van der Waals surface area contributed by atoms with Crippen LogP contribution in [0.2, 0.25) is 0 Å². The van der Waals surface area contributed by atoms with E-state index in [9.17, 15) is 0 Å². The van der Waals surface area contributed by atoms with Crippen LogP contribution in [0, 0.1) is 5.92 Å². The molecule has 1 aliphatic rings. The Kier molecular flexibility index (Phi) is 4.39. The highest BCUT2D eigenvalue weighted by Gasteiger charge is 2.25. The summed E-state index contributed by atoms with van der Waals surface area (Å²) >= 11 is 0. The second-order valence-corrected chi connectivity index (χ2v) is 6.08. The number of aromatic nitrogens is 2. The van der Waals surface area contributed by atoms with E-state index in [2.05, 4.69) is 54.8 Å². The van der Waals surface area contributed by atoms with E-state index in [0.717, 1.165) is 18.9 Å². The minimum Gasteiger partial charge on any atom is -0.316 e. The van der Waals surface area contributed by atoms with Crippen molar-refractivity contribution in [1.29, 1.82) is 0 Å². The maximum Gasteiger partial charge on any atom is 0.0522 e. The van der Waals surface area contributed by atoms with E-state index in [1.807, 2.05) is 10.9 Å². The number of hydrogen-bond donors (Lipinski definition) is 1. The van der Waals surface area contributed by atoms with E-state index >= 15 is 0 Å². The quantitative estimate of drug-likeness (QED) is 0.914. The molecular weight excluding hydrogens is 258 g/mol. The molecule has 0 spiro atoms. The number of nitrogens with zero attached hydrogens (tertiary/aromatic N) is 2. The summed E-state index contributed by atoms with van der Waals surface area (Å²) in [5.74, 6) is 0.717. The van der Waals surface area contributed by atoms with Gasteiger partial charge >= 0.3 is 0 Å². The molecule has 3 rings (SSSR count). The Bertz CT molecular complexity index is 588. The Morgan fingerprint density at radius 2 is 2.14 bits per heavy atom. The molecular formula is C18H25N3. The number of hydrogen-bond acceptors (Lipinski definition) is 2. The van der Waals surface area contributed by atoms with Crippen molar-refractivity contribution in [1.82, 2.24) is 15.1 Å². The Morgan fingerprint density at radius 3 is 2.86 bits per heavy atom. The molecule has 0 radical (unpaired) electrons. The van der Waals surface area contributed by atoms with Crippen LogP contribution in [0.5, 0.6) is 0 Å². The largest absolute Gasteiger partial charge is 0.316 e. The van der Waals surface area contributed by atoms with Gasteiger partial charge in [-0.25, -0.2) is 0 Å². The van der Waals surface area contributed by atoms with Gasteiger partial charge < -0.3 is 5.32 Å². The van der Waals surface area contributed by atoms with Gasteiger partial charge in [-0.3, -0.25) is 4.68 Å². The molecule has 0 bridgehead atoms. The summed E-state index contributed by atoms with van der Waals surface area (Å²) in [5.41, 5.74) is 4.43. The molecule has 1 aromatic carbocycles. The summed E-state index contributed by atoms with van der Waals surface area (Å²) < 4.78 is 2.01. The Morgan fingerprint density at radius 1 is 1.33 bits per heavy atom. The van der Waals surface area contributed by atoms with Crippen molar-refractivity contribution in [2.45, 2.75) is 45.2 Å². The maximum atomic E-state index is 4.39. The number of aryl methyl sites for hydroxylation is 2. The highest BCUT2D eigenvalue weighted by atomic mass is 15.3. The first kappa shape index (κ1) is 14.3. The topological polar surface area (TPSA) is 29.9 Å². The van der Waals surface area contributed by atoms with Crippen molar-refractivity contribution in [3.8, 4) is 0 Å². The van der Waals surface area contributed by atoms with Crippen molar-refractivity contribution in [3.63, 3.8) is 0 Å². The average Bonchev–Trinajstić information content (AvgIpc) is 3.00. The molecule has 2 aromatic rings. The average molecular weight is 283 g/mol. The van der Waals surface area contributed by atoms with Crippen LogP contribution in [0.4, 0.5) is 0 Å². The van der Waals surface area contributed by atoms with Gasteiger partial charge in [0.05, 0.1) is 6.20 Å². The van der Waals surface area contributed by atoms with E-state index in [1.54, 1.807) is 11.1 Å². The van der Waals surface area contributed by atoms with Gasteiger partial charge in [0.2, 0.25) is 0 Å². The van der Waals surface area contributed by atoms with Gasteiger partial charge in [-0.05, 0) is 62.3 Å². The molecule has 112 valence electrons. The second-order valence-electron chi connectivity index (χ2n) is 6.08. The van der Waals surface area contributed by atoms with E-state index in [-0.39, 0.29) is 0 Å². The molecule has 3 nitrogen and oxygen atoms in total. The van der Waals surface area contributed by atoms with Gasteiger partial charge in [0.25, 0.3) is 0 Å². The van der Waals surface area contributed by atoms with Crippen LogP contribution in [0.25, 0.3) is 0 Å². The van der Waals surface area contributed by atoms with Crippen molar-refractivity contribution in [2.24, 2.45) is 5.92 Å². The molecule has 1 heterocycles. The molecule has 1 N–H and O–H groups in total. The number of rotatable bonds is 5. The molecule has 0 aliphatic heterocycles. The number of likely N-dealkylation sites (N-methyl/N-ethyl adjacent to an activating group) is 1. The summed E-state index contributed by atoms with van der Waals surface area (Å²) in [6.45, 7) is 3.07. The molecule has 0 saturated carbocycles. The molecule has 0 saturated heterocycles. The molecule has 2 atom stereocenters. The lowest BCUT2D eigenvalue weighted by Crippen LogP contribution is -2.38. The first-order valence-corrected chi connectivity index (χ1v) is 8.05. The van der Waals surface area contributed by atoms with Gasteiger partial charge in [0, 0.05) is 18.8 Å². The van der Waals surface area contributed by atoms with E-state index in [1.165, 1.54) is 24.8 Å². The van der Waals surface area contributed by atoms with Crippen LogP contribution in [0.1, 0.15) is 30.0 Å². The molecule has 0 fully saturated rings. The minimum absolute atomic E-state index is 0.535. The lowest BCUT2D eigenvalue weighted by molar-refractivity contribution is 0.333. The molecule has 2 unspecified atom stereocenters. The summed E-state index contributed by atoms with van der Waals surface area (Å²) in [6, 6.07) is 9.44. The fourth-order valence-electron chi connectivity index (χ4n) is 3.51. The Balaban J connectivity index is 1.69. The van der Waals surface area contributed by atoms with Gasteiger partial charge in [-0.1, -0.05) is 24.3 Å². The minimum atomic E-state index is 0.535. The van der Waals surface area contributed by atoms with Crippen molar-refractivity contribution >= 4 is 0 Å². The maximum absolute atomic E-state index is 4.39. The van der Waals surface area contributed by atoms with Crippen molar-refractivity contribution in [3.05, 3.63) is 53.3 Å². The highest BCUT2D eigenvalue weighted by Crippen LogP contribution is 2.28. The van der Waals surface area contributed by atoms with E-state index in [4.69, 9.17) is 0 Å². The van der Waals surface area contributed by atoms with E-state index < -0.39 is 0 Å². The molecule has 0 amide bonds. The smallest absolute Gasteiger partial charge is 0.0522 e. The van der Waals surface area contributed by atoms with Crippen LogP contribution in [-0.4, -0.2) is 22.9 Å². The SMILES string of the molecule is CCn1cc(CC(NC)C2CCc3ccccc3C2)cn1. The van der Waals surface area contributed by atoms with Crippen LogP contribution in [0.3, 0.4) is 0 Å². The third-order valence-corrected chi connectivity index (χ3v) is 4.79. The standard InChI is InChI=1S/C18H25N3/c1-3-21-13-14(12-20-21)10-18(19-2)17-9-8-15-6-4-5-7-16(15)11-17/h4-7,12-13,17-19H,3,8-11H2,1-2H3. The zero-order chi connectivity index (χ0) is 14.7. The normalized spacial score (nSPS) is 19.2. The first-order chi connectivity index (χ1) is 10.3. The second kappa shape index (κ2) is 6.44. The zero-order valence-corrected chi connectivity index (χ0v) is 13.0. The van der Waals surface area contributed by atoms with Gasteiger partial charge in [0.1, 0.15) is 0 Å². The fourth-order valence-corrected chi connectivity index (χ4v) is 3.51. The third kappa shape index (κ3) is 3.18. The lowest BCUT2D eigenvalue weighted by atomic mass is 9.78. The Labute approximate surface area is 127 Å². The van der Waals surface area contributed by atoms with Crippen LogP contribution >= 0.6 is 0 Å². The lowest BCUT2D eigenvalue weighted by Gasteiger charge is -2.31. The monoisotopic (exact) mass is 283 g/mol. The summed E-state index contributed by atoms with van der Waals surface area (Å²) in [6.07, 6.45) is 8.97. The molecule has 1 aromatic heterocycles. The number of benzene rings is 1. The predicted molar refractivity (Wildman–Crippen MR) is 86.4 cm³/mol. The molecule has 21 heavy (non-hydrogen) atoms. The first-order valence-electron chi connectivity index (χ1n) is 8.05.